The van der Waals surface area contributed by atoms with Crippen molar-refractivity contribution >= 4 is 17.3 Å². The van der Waals surface area contributed by atoms with Gasteiger partial charge >= 0.3 is 4.87 Å². The Morgan fingerprint density at radius 3 is 2.67 bits per heavy atom. The van der Waals surface area contributed by atoms with Gasteiger partial charge < -0.3 is 10.3 Å². The van der Waals surface area contributed by atoms with Gasteiger partial charge in [-0.2, -0.15) is 5.10 Å². The summed E-state index contributed by atoms with van der Waals surface area (Å²) in [5, 5.41) is 13.0. The zero-order valence-corrected chi connectivity index (χ0v) is 11.2. The molecule has 0 saturated heterocycles. The first-order valence-electron chi connectivity index (χ1n) is 5.86. The van der Waals surface area contributed by atoms with Crippen LogP contribution in [0.15, 0.2) is 10.2 Å². The van der Waals surface area contributed by atoms with E-state index in [9.17, 15) is 4.79 Å². The summed E-state index contributed by atoms with van der Waals surface area (Å²) >= 11 is 1.15. The summed E-state index contributed by atoms with van der Waals surface area (Å²) in [5.41, 5.74) is 2.73. The van der Waals surface area contributed by atoms with Crippen LogP contribution in [0.25, 0.3) is 0 Å². The number of thiazole rings is 1. The molecule has 0 fully saturated rings. The molecule has 7 heteroatoms. The average molecular weight is 265 g/mol. The SMILES string of the molecule is CCc1nnc(NCc2csc(=O)[nH]2)nc1CC. The molecule has 2 heterocycles. The number of aryl methyl sites for hydroxylation is 2. The zero-order chi connectivity index (χ0) is 13.0. The third-order valence-electron chi connectivity index (χ3n) is 2.52. The molecule has 0 atom stereocenters. The van der Waals surface area contributed by atoms with Gasteiger partial charge in [0.2, 0.25) is 5.95 Å². The Kier molecular flexibility index (Phi) is 4.03. The monoisotopic (exact) mass is 265 g/mol. The van der Waals surface area contributed by atoms with Crippen molar-refractivity contribution in [3.05, 3.63) is 32.1 Å². The third kappa shape index (κ3) is 2.92. The van der Waals surface area contributed by atoms with Gasteiger partial charge in [0.1, 0.15) is 0 Å². The average Bonchev–Trinajstić information content (AvgIpc) is 2.81. The van der Waals surface area contributed by atoms with Crippen LogP contribution in [0.5, 0.6) is 0 Å². The summed E-state index contributed by atoms with van der Waals surface area (Å²) in [5.74, 6) is 0.496. The van der Waals surface area contributed by atoms with Gasteiger partial charge in [-0.1, -0.05) is 25.2 Å². The van der Waals surface area contributed by atoms with Crippen LogP contribution in [0.4, 0.5) is 5.95 Å². The maximum absolute atomic E-state index is 11.0. The lowest BCUT2D eigenvalue weighted by atomic mass is 10.2. The van der Waals surface area contributed by atoms with Crippen LogP contribution in [0.3, 0.4) is 0 Å². The lowest BCUT2D eigenvalue weighted by molar-refractivity contribution is 0.818. The number of anilines is 1. The van der Waals surface area contributed by atoms with E-state index in [0.717, 1.165) is 41.3 Å². The first-order chi connectivity index (χ1) is 8.72. The van der Waals surface area contributed by atoms with E-state index in [1.165, 1.54) is 0 Å². The van der Waals surface area contributed by atoms with Crippen molar-refractivity contribution in [3.8, 4) is 0 Å². The summed E-state index contributed by atoms with van der Waals surface area (Å²) in [4.78, 5) is 18.1. The maximum atomic E-state index is 11.0. The summed E-state index contributed by atoms with van der Waals surface area (Å²) < 4.78 is 0. The molecule has 96 valence electrons. The van der Waals surface area contributed by atoms with Gasteiger partial charge in [-0.15, -0.1) is 5.10 Å². The minimum absolute atomic E-state index is 0.0542. The highest BCUT2D eigenvalue weighted by Gasteiger charge is 2.06. The number of aromatic nitrogens is 4. The molecule has 0 unspecified atom stereocenters. The molecule has 2 rings (SSSR count). The molecular weight excluding hydrogens is 250 g/mol. The second kappa shape index (κ2) is 5.72. The molecule has 0 aliphatic carbocycles. The van der Waals surface area contributed by atoms with Gasteiger partial charge in [0.05, 0.1) is 17.9 Å². The van der Waals surface area contributed by atoms with Gasteiger partial charge in [-0.3, -0.25) is 4.79 Å². The van der Waals surface area contributed by atoms with Crippen molar-refractivity contribution in [3.63, 3.8) is 0 Å². The van der Waals surface area contributed by atoms with Crippen LogP contribution >= 0.6 is 11.3 Å². The van der Waals surface area contributed by atoms with Gasteiger partial charge in [0.25, 0.3) is 0 Å². The molecule has 6 nitrogen and oxygen atoms in total. The predicted molar refractivity (Wildman–Crippen MR) is 70.8 cm³/mol. The van der Waals surface area contributed by atoms with E-state index >= 15 is 0 Å². The number of aromatic amines is 1. The molecule has 2 aromatic heterocycles. The van der Waals surface area contributed by atoms with Gasteiger partial charge in [-0.05, 0) is 12.8 Å². The fourth-order valence-corrected chi connectivity index (χ4v) is 2.17. The van der Waals surface area contributed by atoms with Crippen molar-refractivity contribution in [2.75, 3.05) is 5.32 Å². The molecule has 2 N–H and O–H groups in total. The van der Waals surface area contributed by atoms with E-state index in [1.54, 1.807) is 5.38 Å². The molecule has 0 aliphatic heterocycles. The largest absolute Gasteiger partial charge is 0.347 e. The lowest BCUT2D eigenvalue weighted by Crippen LogP contribution is -2.10. The van der Waals surface area contributed by atoms with Gasteiger partial charge in [0.15, 0.2) is 0 Å². The first kappa shape index (κ1) is 12.7. The van der Waals surface area contributed by atoms with Gasteiger partial charge in [0, 0.05) is 11.1 Å². The minimum atomic E-state index is -0.0542. The molecule has 0 saturated carbocycles. The Morgan fingerprint density at radius 2 is 2.06 bits per heavy atom. The fraction of sp³-hybridized carbons (Fsp3) is 0.455. The van der Waals surface area contributed by atoms with Crippen LogP contribution in [0.1, 0.15) is 30.9 Å². The van der Waals surface area contributed by atoms with E-state index in [2.05, 4.69) is 25.5 Å². The second-order valence-corrected chi connectivity index (χ2v) is 4.61. The summed E-state index contributed by atoms with van der Waals surface area (Å²) in [6.07, 6.45) is 1.67. The second-order valence-electron chi connectivity index (χ2n) is 3.76. The highest BCUT2D eigenvalue weighted by Crippen LogP contribution is 2.07. The Bertz CT molecular complexity index is 577. The van der Waals surface area contributed by atoms with Crippen molar-refractivity contribution in [2.24, 2.45) is 0 Å². The van der Waals surface area contributed by atoms with E-state index in [0.29, 0.717) is 12.5 Å². The van der Waals surface area contributed by atoms with Crippen LogP contribution in [-0.4, -0.2) is 20.2 Å². The van der Waals surface area contributed by atoms with E-state index in [4.69, 9.17) is 0 Å². The summed E-state index contributed by atoms with van der Waals surface area (Å²) in [6, 6.07) is 0. The number of nitrogens with zero attached hydrogens (tertiary/aromatic N) is 3. The molecule has 2 aromatic rings. The number of hydrogen-bond donors (Lipinski definition) is 2. The van der Waals surface area contributed by atoms with Gasteiger partial charge in [-0.25, -0.2) is 4.98 Å². The Hall–Kier alpha value is -1.76. The van der Waals surface area contributed by atoms with Crippen molar-refractivity contribution in [1.29, 1.82) is 0 Å². The normalized spacial score (nSPS) is 10.6. The number of hydrogen-bond acceptors (Lipinski definition) is 6. The summed E-state index contributed by atoms with van der Waals surface area (Å²) in [7, 11) is 0. The van der Waals surface area contributed by atoms with Crippen molar-refractivity contribution in [2.45, 2.75) is 33.2 Å². The van der Waals surface area contributed by atoms with Crippen LogP contribution in [-0.2, 0) is 19.4 Å². The van der Waals surface area contributed by atoms with Crippen molar-refractivity contribution < 1.29 is 0 Å². The first-order valence-corrected chi connectivity index (χ1v) is 6.74. The van der Waals surface area contributed by atoms with Crippen LogP contribution in [0.2, 0.25) is 0 Å². The molecule has 0 aliphatic rings. The number of nitrogens with one attached hydrogen (secondary N) is 2. The molecular formula is C11H15N5OS. The Morgan fingerprint density at radius 1 is 1.28 bits per heavy atom. The van der Waals surface area contributed by atoms with Crippen LogP contribution in [0, 0.1) is 0 Å². The van der Waals surface area contributed by atoms with E-state index < -0.39 is 0 Å². The van der Waals surface area contributed by atoms with E-state index in [1.807, 2.05) is 13.8 Å². The topological polar surface area (TPSA) is 83.6 Å². The number of H-pyrrole nitrogens is 1. The Balaban J connectivity index is 2.07. The number of rotatable bonds is 5. The van der Waals surface area contributed by atoms with E-state index in [-0.39, 0.29) is 4.87 Å². The Labute approximate surface area is 109 Å². The maximum Gasteiger partial charge on any atom is 0.304 e. The quantitative estimate of drug-likeness (QED) is 0.852. The minimum Gasteiger partial charge on any atom is -0.347 e. The fourth-order valence-electron chi connectivity index (χ4n) is 1.59. The molecule has 0 spiro atoms. The summed E-state index contributed by atoms with van der Waals surface area (Å²) in [6.45, 7) is 4.58. The predicted octanol–water partition coefficient (Wildman–Crippen LogP) is 1.36. The molecule has 0 bridgehead atoms. The van der Waals surface area contributed by atoms with Crippen LogP contribution < -0.4 is 10.2 Å². The lowest BCUT2D eigenvalue weighted by Gasteiger charge is -2.06. The standard InChI is InChI=1S/C11H15N5OS/c1-3-8-9(4-2)15-16-10(14-8)12-5-7-6-18-11(17)13-7/h6H,3-5H2,1-2H3,(H,13,17)(H,12,14,16). The highest BCUT2D eigenvalue weighted by molar-refractivity contribution is 7.07. The molecule has 0 aromatic carbocycles. The molecule has 18 heavy (non-hydrogen) atoms. The smallest absolute Gasteiger partial charge is 0.304 e. The molecule has 0 amide bonds. The third-order valence-corrected chi connectivity index (χ3v) is 3.24. The highest BCUT2D eigenvalue weighted by atomic mass is 32.1. The molecule has 0 radical (unpaired) electrons. The van der Waals surface area contributed by atoms with Crippen molar-refractivity contribution in [1.82, 2.24) is 20.2 Å². The zero-order valence-electron chi connectivity index (χ0n) is 10.4.